The number of rotatable bonds is 2. The zero-order valence-electron chi connectivity index (χ0n) is 9.75. The van der Waals surface area contributed by atoms with Crippen molar-refractivity contribution in [2.45, 2.75) is 0 Å². The van der Waals surface area contributed by atoms with E-state index < -0.39 is 17.5 Å². The first-order valence-corrected chi connectivity index (χ1v) is 6.42. The lowest BCUT2D eigenvalue weighted by Gasteiger charge is -2.08. The number of nitrogen functional groups attached to an aromatic ring is 1. The van der Waals surface area contributed by atoms with Crippen LogP contribution in [0.3, 0.4) is 0 Å². The van der Waals surface area contributed by atoms with Gasteiger partial charge in [-0.05, 0) is 28.1 Å². The molecule has 1 aromatic heterocycles. The molecule has 0 unspecified atom stereocenters. The Morgan fingerprint density at radius 2 is 2.00 bits per heavy atom. The molecule has 20 heavy (non-hydrogen) atoms. The highest BCUT2D eigenvalue weighted by Gasteiger charge is 2.13. The van der Waals surface area contributed by atoms with Crippen LogP contribution in [0, 0.1) is 11.6 Å². The molecule has 1 heterocycles. The molecule has 0 bridgehead atoms. The van der Waals surface area contributed by atoms with E-state index >= 15 is 0 Å². The van der Waals surface area contributed by atoms with Crippen LogP contribution in [0.2, 0.25) is 5.02 Å². The van der Waals surface area contributed by atoms with Crippen molar-refractivity contribution in [3.8, 4) is 0 Å². The second-order valence-electron chi connectivity index (χ2n) is 3.79. The molecular weight excluding hydrogens is 356 g/mol. The third-order valence-corrected chi connectivity index (χ3v) is 3.30. The van der Waals surface area contributed by atoms with Crippen LogP contribution in [0.25, 0.3) is 0 Å². The Morgan fingerprint density at radius 3 is 2.65 bits per heavy atom. The lowest BCUT2D eigenvalue weighted by molar-refractivity contribution is 0.102. The summed E-state index contributed by atoms with van der Waals surface area (Å²) in [5.74, 6) is -2.08. The van der Waals surface area contributed by atoms with Gasteiger partial charge in [0.1, 0.15) is 17.5 Å². The normalized spacial score (nSPS) is 10.4. The standard InChI is InChI=1S/C12H7BrClF2N3O/c13-6-2-9(16)10(3-8(6)15)19-12(20)5-1-7(14)11(17)18-4-5/h1-4H,(H2,17,18)(H,19,20). The highest BCUT2D eigenvalue weighted by atomic mass is 79.9. The SMILES string of the molecule is Nc1ncc(C(=O)Nc2cc(F)c(Br)cc2F)cc1Cl. The number of pyridine rings is 1. The number of halogens is 4. The smallest absolute Gasteiger partial charge is 0.257 e. The summed E-state index contributed by atoms with van der Waals surface area (Å²) < 4.78 is 26.9. The van der Waals surface area contributed by atoms with Crippen molar-refractivity contribution in [1.29, 1.82) is 0 Å². The predicted molar refractivity (Wildman–Crippen MR) is 75.7 cm³/mol. The minimum absolute atomic E-state index is 0.0369. The third kappa shape index (κ3) is 3.05. The largest absolute Gasteiger partial charge is 0.382 e. The van der Waals surface area contributed by atoms with Crippen LogP contribution >= 0.6 is 27.5 Å². The van der Waals surface area contributed by atoms with Crippen molar-refractivity contribution in [2.24, 2.45) is 0 Å². The number of anilines is 2. The zero-order chi connectivity index (χ0) is 14.9. The van der Waals surface area contributed by atoms with Crippen LogP contribution in [-0.2, 0) is 0 Å². The van der Waals surface area contributed by atoms with Gasteiger partial charge in [0.15, 0.2) is 0 Å². The average Bonchev–Trinajstić information content (AvgIpc) is 2.39. The van der Waals surface area contributed by atoms with E-state index in [1.165, 1.54) is 12.3 Å². The van der Waals surface area contributed by atoms with Gasteiger partial charge in [0.2, 0.25) is 0 Å². The molecule has 2 aromatic rings. The van der Waals surface area contributed by atoms with E-state index in [1.54, 1.807) is 0 Å². The van der Waals surface area contributed by atoms with Crippen molar-refractivity contribution in [1.82, 2.24) is 4.98 Å². The molecule has 0 radical (unpaired) electrons. The second-order valence-corrected chi connectivity index (χ2v) is 5.05. The quantitative estimate of drug-likeness (QED) is 0.802. The number of hydrogen-bond acceptors (Lipinski definition) is 3. The summed E-state index contributed by atoms with van der Waals surface area (Å²) in [5.41, 5.74) is 5.20. The van der Waals surface area contributed by atoms with Gasteiger partial charge in [-0.25, -0.2) is 13.8 Å². The van der Waals surface area contributed by atoms with Gasteiger partial charge < -0.3 is 11.1 Å². The first-order chi connectivity index (χ1) is 9.38. The van der Waals surface area contributed by atoms with Crippen molar-refractivity contribution < 1.29 is 13.6 Å². The van der Waals surface area contributed by atoms with Crippen molar-refractivity contribution in [2.75, 3.05) is 11.1 Å². The summed E-state index contributed by atoms with van der Waals surface area (Å²) in [6, 6.07) is 3.06. The van der Waals surface area contributed by atoms with Gasteiger partial charge in [0, 0.05) is 12.3 Å². The summed E-state index contributed by atoms with van der Waals surface area (Å²) >= 11 is 8.57. The molecule has 1 amide bonds. The Balaban J connectivity index is 2.27. The fraction of sp³-hybridized carbons (Fsp3) is 0. The van der Waals surface area contributed by atoms with Gasteiger partial charge in [-0.3, -0.25) is 4.79 Å². The molecule has 4 nitrogen and oxygen atoms in total. The number of nitrogens with zero attached hydrogens (tertiary/aromatic N) is 1. The monoisotopic (exact) mass is 361 g/mol. The minimum atomic E-state index is -0.777. The molecule has 3 N–H and O–H groups in total. The number of carbonyl (C=O) groups is 1. The number of hydrogen-bond donors (Lipinski definition) is 2. The van der Waals surface area contributed by atoms with Crippen LogP contribution in [-0.4, -0.2) is 10.9 Å². The fourth-order valence-electron chi connectivity index (χ4n) is 1.39. The van der Waals surface area contributed by atoms with Gasteiger partial charge in [-0.1, -0.05) is 11.6 Å². The number of nitrogens with one attached hydrogen (secondary N) is 1. The van der Waals surface area contributed by atoms with Crippen LogP contribution in [0.4, 0.5) is 20.3 Å². The molecule has 0 aliphatic carbocycles. The second kappa shape index (κ2) is 5.72. The van der Waals surface area contributed by atoms with Crippen LogP contribution in [0.15, 0.2) is 28.9 Å². The van der Waals surface area contributed by atoms with Gasteiger partial charge >= 0.3 is 0 Å². The number of benzene rings is 1. The number of amides is 1. The molecule has 0 fully saturated rings. The molecule has 0 saturated heterocycles. The lowest BCUT2D eigenvalue weighted by atomic mass is 10.2. The topological polar surface area (TPSA) is 68.0 Å². The third-order valence-electron chi connectivity index (χ3n) is 2.39. The van der Waals surface area contributed by atoms with Gasteiger partial charge in [0.25, 0.3) is 5.91 Å². The van der Waals surface area contributed by atoms with Crippen LogP contribution < -0.4 is 11.1 Å². The molecule has 0 aliphatic rings. The van der Waals surface area contributed by atoms with E-state index in [0.29, 0.717) is 0 Å². The highest BCUT2D eigenvalue weighted by molar-refractivity contribution is 9.10. The van der Waals surface area contributed by atoms with Crippen molar-refractivity contribution >= 4 is 44.9 Å². The average molecular weight is 363 g/mol. The van der Waals surface area contributed by atoms with Gasteiger partial charge in [-0.2, -0.15) is 0 Å². The van der Waals surface area contributed by atoms with E-state index in [2.05, 4.69) is 26.2 Å². The molecule has 2 rings (SSSR count). The lowest BCUT2D eigenvalue weighted by Crippen LogP contribution is -2.14. The Kier molecular flexibility index (Phi) is 4.20. The van der Waals surface area contributed by atoms with E-state index in [0.717, 1.165) is 12.1 Å². The van der Waals surface area contributed by atoms with Crippen molar-refractivity contribution in [3.63, 3.8) is 0 Å². The first-order valence-electron chi connectivity index (χ1n) is 5.25. The van der Waals surface area contributed by atoms with E-state index in [9.17, 15) is 13.6 Å². The number of carbonyl (C=O) groups excluding carboxylic acids is 1. The van der Waals surface area contributed by atoms with Crippen LogP contribution in [0.1, 0.15) is 10.4 Å². The van der Waals surface area contributed by atoms with E-state index in [-0.39, 0.29) is 26.6 Å². The van der Waals surface area contributed by atoms with Gasteiger partial charge in [0.05, 0.1) is 20.7 Å². The molecular formula is C12H7BrClF2N3O. The number of nitrogens with two attached hydrogens (primary N) is 1. The minimum Gasteiger partial charge on any atom is -0.382 e. The van der Waals surface area contributed by atoms with E-state index in [4.69, 9.17) is 17.3 Å². The molecule has 0 spiro atoms. The summed E-state index contributed by atoms with van der Waals surface area (Å²) in [6.45, 7) is 0. The van der Waals surface area contributed by atoms with Crippen LogP contribution in [0.5, 0.6) is 0 Å². The molecule has 1 aromatic carbocycles. The maximum Gasteiger partial charge on any atom is 0.257 e. The predicted octanol–water partition coefficient (Wildman–Crippen LogP) is 3.61. The molecule has 8 heteroatoms. The molecule has 0 atom stereocenters. The Labute approximate surface area is 126 Å². The Hall–Kier alpha value is -1.73. The zero-order valence-corrected chi connectivity index (χ0v) is 12.1. The fourth-order valence-corrected chi connectivity index (χ4v) is 1.87. The van der Waals surface area contributed by atoms with Crippen molar-refractivity contribution in [3.05, 3.63) is 51.1 Å². The first kappa shape index (κ1) is 14.7. The maximum atomic E-state index is 13.6. The molecule has 104 valence electrons. The Bertz CT molecular complexity index is 697. The van der Waals surface area contributed by atoms with Gasteiger partial charge in [-0.15, -0.1) is 0 Å². The summed E-state index contributed by atoms with van der Waals surface area (Å²) in [7, 11) is 0. The summed E-state index contributed by atoms with van der Waals surface area (Å²) in [4.78, 5) is 15.6. The Morgan fingerprint density at radius 1 is 1.30 bits per heavy atom. The maximum absolute atomic E-state index is 13.6. The number of aromatic nitrogens is 1. The molecule has 0 aliphatic heterocycles. The highest BCUT2D eigenvalue weighted by Crippen LogP contribution is 2.24. The van der Waals surface area contributed by atoms with E-state index in [1.807, 2.05) is 0 Å². The molecule has 0 saturated carbocycles. The summed E-state index contributed by atoms with van der Waals surface area (Å²) in [5, 5.41) is 2.32. The summed E-state index contributed by atoms with van der Waals surface area (Å²) in [6.07, 6.45) is 1.18.